The number of hydrogen-bond acceptors (Lipinski definition) is 6. The van der Waals surface area contributed by atoms with Crippen molar-refractivity contribution in [3.63, 3.8) is 0 Å². The second-order valence-electron chi connectivity index (χ2n) is 9.50. The molecule has 3 rings (SSSR count). The lowest BCUT2D eigenvalue weighted by atomic mass is 9.46. The van der Waals surface area contributed by atoms with Crippen LogP contribution < -0.4 is 10.6 Å². The minimum absolute atomic E-state index is 0.0180. The molecule has 1 aromatic rings. The molecule has 31 heavy (non-hydrogen) atoms. The molecule has 2 aliphatic rings. The maximum Gasteiger partial charge on any atom is 0.407 e. The Bertz CT molecular complexity index is 753. The molecule has 8 nitrogen and oxygen atoms in total. The van der Waals surface area contributed by atoms with Crippen molar-refractivity contribution in [1.82, 2.24) is 10.6 Å². The quantitative estimate of drug-likeness (QED) is 0.521. The number of hydrogen-bond donors (Lipinski definition) is 4. The van der Waals surface area contributed by atoms with Crippen molar-refractivity contribution in [2.24, 2.45) is 22.7 Å². The summed E-state index contributed by atoms with van der Waals surface area (Å²) in [6, 6.07) is 3.57. The van der Waals surface area contributed by atoms with E-state index in [2.05, 4.69) is 17.6 Å². The average Bonchev–Trinajstić information content (AvgIpc) is 3.25. The molecule has 0 saturated heterocycles. The van der Waals surface area contributed by atoms with Gasteiger partial charge in [0.15, 0.2) is 0 Å². The first kappa shape index (κ1) is 23.6. The molecule has 0 aromatic carbocycles. The third-order valence-electron chi connectivity index (χ3n) is 7.69. The van der Waals surface area contributed by atoms with Crippen LogP contribution in [0.25, 0.3) is 0 Å². The number of furan rings is 1. The van der Waals surface area contributed by atoms with Crippen LogP contribution in [0.3, 0.4) is 0 Å². The molecule has 0 radical (unpaired) electrons. The van der Waals surface area contributed by atoms with Crippen LogP contribution in [-0.4, -0.2) is 47.6 Å². The summed E-state index contributed by atoms with van der Waals surface area (Å²) < 4.78 is 11.0. The maximum absolute atomic E-state index is 12.7. The second-order valence-corrected chi connectivity index (χ2v) is 9.50. The van der Waals surface area contributed by atoms with Gasteiger partial charge in [0.05, 0.1) is 25.5 Å². The van der Waals surface area contributed by atoms with E-state index in [1.54, 1.807) is 18.4 Å². The molecule has 0 aliphatic heterocycles. The topological polar surface area (TPSA) is 121 Å². The van der Waals surface area contributed by atoms with Gasteiger partial charge in [-0.1, -0.05) is 13.8 Å². The van der Waals surface area contributed by atoms with Gasteiger partial charge in [0, 0.05) is 18.4 Å². The van der Waals surface area contributed by atoms with E-state index in [0.717, 1.165) is 0 Å². The predicted molar refractivity (Wildman–Crippen MR) is 114 cm³/mol. The SMILES string of the molecule is CCNC(=O)OC1CCC2(C)C(CC(=O)NCc3ccco3)C(O)CCC2C1(C)CO. The van der Waals surface area contributed by atoms with Gasteiger partial charge < -0.3 is 30.0 Å². The van der Waals surface area contributed by atoms with Crippen LogP contribution in [0.4, 0.5) is 4.79 Å². The van der Waals surface area contributed by atoms with E-state index < -0.39 is 23.7 Å². The number of aliphatic hydroxyl groups is 2. The molecule has 2 saturated carbocycles. The van der Waals surface area contributed by atoms with E-state index in [9.17, 15) is 19.8 Å². The van der Waals surface area contributed by atoms with Gasteiger partial charge in [-0.15, -0.1) is 0 Å². The highest BCUT2D eigenvalue weighted by molar-refractivity contribution is 5.76. The van der Waals surface area contributed by atoms with Gasteiger partial charge >= 0.3 is 6.09 Å². The molecule has 2 fully saturated rings. The van der Waals surface area contributed by atoms with Gasteiger partial charge in [0.2, 0.25) is 5.91 Å². The van der Waals surface area contributed by atoms with E-state index in [1.165, 1.54) is 0 Å². The maximum atomic E-state index is 12.7. The van der Waals surface area contributed by atoms with Crippen LogP contribution in [0, 0.1) is 22.7 Å². The molecule has 1 heterocycles. The molecule has 2 amide bonds. The molecule has 174 valence electrons. The Labute approximate surface area is 183 Å². The number of carbonyl (C=O) groups excluding carboxylic acids is 2. The zero-order valence-electron chi connectivity index (χ0n) is 18.7. The first-order chi connectivity index (χ1) is 14.7. The highest BCUT2D eigenvalue weighted by Crippen LogP contribution is 2.61. The Balaban J connectivity index is 1.74. The lowest BCUT2D eigenvalue weighted by molar-refractivity contribution is -0.185. The van der Waals surface area contributed by atoms with Crippen molar-refractivity contribution in [3.8, 4) is 0 Å². The summed E-state index contributed by atoms with van der Waals surface area (Å²) in [5.41, 5.74) is -0.987. The molecule has 6 atom stereocenters. The second kappa shape index (κ2) is 9.61. The first-order valence-corrected chi connectivity index (χ1v) is 11.3. The predicted octanol–water partition coefficient (Wildman–Crippen LogP) is 2.59. The highest BCUT2D eigenvalue weighted by atomic mass is 16.6. The van der Waals surface area contributed by atoms with Gasteiger partial charge in [0.25, 0.3) is 0 Å². The van der Waals surface area contributed by atoms with E-state index in [-0.39, 0.29) is 36.2 Å². The third-order valence-corrected chi connectivity index (χ3v) is 7.69. The van der Waals surface area contributed by atoms with Crippen molar-refractivity contribution in [3.05, 3.63) is 24.2 Å². The number of carbonyl (C=O) groups is 2. The third kappa shape index (κ3) is 4.75. The molecule has 0 spiro atoms. The fraction of sp³-hybridized carbons (Fsp3) is 0.739. The number of amides is 2. The van der Waals surface area contributed by atoms with Gasteiger partial charge in [-0.3, -0.25) is 4.79 Å². The Morgan fingerprint density at radius 3 is 2.68 bits per heavy atom. The summed E-state index contributed by atoms with van der Waals surface area (Å²) >= 11 is 0. The number of alkyl carbamates (subject to hydrolysis) is 1. The summed E-state index contributed by atoms with van der Waals surface area (Å²) in [5, 5.41) is 26.8. The van der Waals surface area contributed by atoms with Crippen molar-refractivity contribution in [2.75, 3.05) is 13.2 Å². The van der Waals surface area contributed by atoms with E-state index in [4.69, 9.17) is 9.15 Å². The van der Waals surface area contributed by atoms with Crippen molar-refractivity contribution in [1.29, 1.82) is 0 Å². The van der Waals surface area contributed by atoms with Crippen molar-refractivity contribution >= 4 is 12.0 Å². The lowest BCUT2D eigenvalue weighted by Crippen LogP contribution is -2.61. The molecule has 4 N–H and O–H groups in total. The Morgan fingerprint density at radius 1 is 1.26 bits per heavy atom. The van der Waals surface area contributed by atoms with Crippen LogP contribution in [0.2, 0.25) is 0 Å². The Hall–Kier alpha value is -2.06. The zero-order chi connectivity index (χ0) is 22.6. The first-order valence-electron chi connectivity index (χ1n) is 11.3. The number of rotatable bonds is 7. The van der Waals surface area contributed by atoms with Crippen LogP contribution >= 0.6 is 0 Å². The molecule has 6 unspecified atom stereocenters. The standard InChI is InChI=1S/C23H36N2O6/c1-4-24-21(29)31-19-9-10-22(2)16(12-20(28)25-13-15-6-5-11-30-15)17(27)7-8-18(22)23(19,3)14-26/h5-6,11,16-19,26-27H,4,7-10,12-14H2,1-3H3,(H,24,29)(H,25,28). The van der Waals surface area contributed by atoms with Crippen LogP contribution in [0.5, 0.6) is 0 Å². The smallest absolute Gasteiger partial charge is 0.407 e. The number of aliphatic hydroxyl groups excluding tert-OH is 2. The molecule has 0 bridgehead atoms. The van der Waals surface area contributed by atoms with Gasteiger partial charge in [-0.2, -0.15) is 0 Å². The molecular weight excluding hydrogens is 400 g/mol. The fourth-order valence-electron chi connectivity index (χ4n) is 5.97. The lowest BCUT2D eigenvalue weighted by Gasteiger charge is -2.60. The van der Waals surface area contributed by atoms with Crippen molar-refractivity contribution in [2.45, 2.75) is 71.6 Å². The summed E-state index contributed by atoms with van der Waals surface area (Å²) in [4.78, 5) is 24.8. The Morgan fingerprint density at radius 2 is 2.03 bits per heavy atom. The van der Waals surface area contributed by atoms with Crippen LogP contribution in [-0.2, 0) is 16.1 Å². The summed E-state index contributed by atoms with van der Waals surface area (Å²) in [6.07, 6.45) is 2.87. The monoisotopic (exact) mass is 436 g/mol. The number of nitrogens with one attached hydrogen (secondary N) is 2. The minimum atomic E-state index is -0.638. The molecule has 1 aromatic heterocycles. The normalized spacial score (nSPS) is 35.1. The van der Waals surface area contributed by atoms with E-state index in [1.807, 2.05) is 13.8 Å². The van der Waals surface area contributed by atoms with Crippen LogP contribution in [0.15, 0.2) is 22.8 Å². The number of fused-ring (bicyclic) bond motifs is 1. The van der Waals surface area contributed by atoms with Crippen molar-refractivity contribution < 1.29 is 29.0 Å². The largest absolute Gasteiger partial charge is 0.467 e. The average molecular weight is 437 g/mol. The van der Waals surface area contributed by atoms with E-state index in [0.29, 0.717) is 44.5 Å². The van der Waals surface area contributed by atoms with E-state index >= 15 is 0 Å². The van der Waals surface area contributed by atoms with Gasteiger partial charge in [0.1, 0.15) is 11.9 Å². The van der Waals surface area contributed by atoms with Gasteiger partial charge in [-0.25, -0.2) is 4.79 Å². The fourth-order valence-corrected chi connectivity index (χ4v) is 5.97. The minimum Gasteiger partial charge on any atom is -0.467 e. The number of ether oxygens (including phenoxy) is 1. The Kier molecular flexibility index (Phi) is 7.31. The molecule has 2 aliphatic carbocycles. The molecule has 8 heteroatoms. The van der Waals surface area contributed by atoms with Gasteiger partial charge in [-0.05, 0) is 62.0 Å². The zero-order valence-corrected chi connectivity index (χ0v) is 18.7. The summed E-state index contributed by atoms with van der Waals surface area (Å²) in [6.45, 7) is 6.57. The summed E-state index contributed by atoms with van der Waals surface area (Å²) in [5.74, 6) is 0.329. The highest BCUT2D eigenvalue weighted by Gasteiger charge is 2.60. The molecular formula is C23H36N2O6. The summed E-state index contributed by atoms with van der Waals surface area (Å²) in [7, 11) is 0. The van der Waals surface area contributed by atoms with Crippen LogP contribution in [0.1, 0.15) is 58.6 Å².